The zero-order chi connectivity index (χ0) is 14.3. The Bertz CT molecular complexity index is 231. The normalized spacial score (nSPS) is 11.5. The van der Waals surface area contributed by atoms with E-state index >= 15 is 0 Å². The molecule has 0 aromatic carbocycles. The average Bonchev–Trinajstić information content (AvgIpc) is 2.40. The predicted molar refractivity (Wildman–Crippen MR) is 83.9 cm³/mol. The van der Waals surface area contributed by atoms with Gasteiger partial charge in [-0.3, -0.25) is 4.79 Å². The zero-order valence-corrected chi connectivity index (χ0v) is 15.8. The summed E-state index contributed by atoms with van der Waals surface area (Å²) in [4.78, 5) is 11.0. The maximum absolute atomic E-state index is 11.0. The van der Waals surface area contributed by atoms with Gasteiger partial charge in [0.2, 0.25) is 5.91 Å². The van der Waals surface area contributed by atoms with E-state index < -0.39 is 0 Å². The van der Waals surface area contributed by atoms with Crippen LogP contribution in [0.5, 0.6) is 0 Å². The van der Waals surface area contributed by atoms with Crippen molar-refractivity contribution in [2.75, 3.05) is 0 Å². The van der Waals surface area contributed by atoms with Gasteiger partial charge < -0.3 is 12.2 Å². The molecule has 1 amide bonds. The molecule has 0 aromatic rings. The molecule has 0 spiro atoms. The van der Waals surface area contributed by atoms with Crippen LogP contribution in [0.3, 0.4) is 0 Å². The monoisotopic (exact) mass is 289 g/mol. The van der Waals surface area contributed by atoms with Crippen molar-refractivity contribution in [2.24, 2.45) is 0 Å². The first-order valence-electron chi connectivity index (χ1n) is 7.96. The largest absolute Gasteiger partial charge is 1.00 e. The Hall–Kier alpha value is 0.210. The zero-order valence-electron chi connectivity index (χ0n) is 13.8. The smallest absolute Gasteiger partial charge is 0.380 e. The van der Waals surface area contributed by atoms with E-state index in [2.05, 4.69) is 25.7 Å². The molecule has 0 saturated heterocycles. The van der Waals surface area contributed by atoms with Crippen LogP contribution < -0.4 is 34.9 Å². The standard InChI is InChI=1S/C17H32NO.Na/c1-4-6-7-8-9-10-11-12-13-14-15-16(3)18-17(19)5-2;/h5,16H,2-4,6-15H2,1H3,(H,18,19);/q-1;+1. The molecule has 1 unspecified atom stereocenters. The van der Waals surface area contributed by atoms with Crippen molar-refractivity contribution in [2.45, 2.75) is 83.6 Å². The van der Waals surface area contributed by atoms with Gasteiger partial charge in [0, 0.05) is 0 Å². The first-order valence-corrected chi connectivity index (χ1v) is 7.96. The molecule has 0 fully saturated rings. The summed E-state index contributed by atoms with van der Waals surface area (Å²) in [6.07, 6.45) is 15.7. The Morgan fingerprint density at radius 3 is 1.95 bits per heavy atom. The Balaban J connectivity index is 0. The summed E-state index contributed by atoms with van der Waals surface area (Å²) in [5, 5.41) is 2.79. The SMILES string of the molecule is C=CC(=O)NC([CH2-])CCCCCCCCCCCC.[Na+]. The fraction of sp³-hybridized carbons (Fsp3) is 0.765. The molecule has 2 nitrogen and oxygen atoms in total. The van der Waals surface area contributed by atoms with Gasteiger partial charge in [-0.25, -0.2) is 0 Å². The fourth-order valence-corrected chi connectivity index (χ4v) is 2.21. The third-order valence-corrected chi connectivity index (χ3v) is 3.44. The number of carbonyl (C=O) groups excluding carboxylic acids is 1. The van der Waals surface area contributed by atoms with E-state index in [9.17, 15) is 4.79 Å². The van der Waals surface area contributed by atoms with Crippen LogP contribution in [0, 0.1) is 6.92 Å². The van der Waals surface area contributed by atoms with Crippen molar-refractivity contribution < 1.29 is 34.4 Å². The van der Waals surface area contributed by atoms with Gasteiger partial charge >= 0.3 is 29.6 Å². The van der Waals surface area contributed by atoms with Gasteiger partial charge in [-0.1, -0.05) is 90.2 Å². The number of nitrogens with one attached hydrogen (secondary N) is 1. The molecule has 1 atom stereocenters. The van der Waals surface area contributed by atoms with Crippen molar-refractivity contribution in [3.63, 3.8) is 0 Å². The Morgan fingerprint density at radius 1 is 1.05 bits per heavy atom. The number of unbranched alkanes of at least 4 members (excludes halogenated alkanes) is 9. The summed E-state index contributed by atoms with van der Waals surface area (Å²) in [6, 6.07) is 0.0274. The Labute approximate surface area is 148 Å². The summed E-state index contributed by atoms with van der Waals surface area (Å²) in [6.45, 7) is 9.61. The van der Waals surface area contributed by atoms with E-state index in [1.807, 2.05) is 0 Å². The molecule has 112 valence electrons. The number of amides is 1. The summed E-state index contributed by atoms with van der Waals surface area (Å²) in [7, 11) is 0. The molecule has 0 aliphatic rings. The van der Waals surface area contributed by atoms with Crippen molar-refractivity contribution >= 4 is 5.91 Å². The van der Waals surface area contributed by atoms with Crippen molar-refractivity contribution in [3.8, 4) is 0 Å². The van der Waals surface area contributed by atoms with E-state index in [4.69, 9.17) is 0 Å². The number of hydrogen-bond donors (Lipinski definition) is 1. The molecule has 0 saturated carbocycles. The molecule has 0 rings (SSSR count). The second-order valence-corrected chi connectivity index (χ2v) is 5.38. The van der Waals surface area contributed by atoms with Crippen LogP contribution in [0.15, 0.2) is 12.7 Å². The summed E-state index contributed by atoms with van der Waals surface area (Å²) in [5.74, 6) is -0.118. The van der Waals surface area contributed by atoms with Crippen molar-refractivity contribution in [1.29, 1.82) is 0 Å². The van der Waals surface area contributed by atoms with Crippen LogP contribution >= 0.6 is 0 Å². The molecule has 0 radical (unpaired) electrons. The van der Waals surface area contributed by atoms with E-state index in [1.165, 1.54) is 63.9 Å². The van der Waals surface area contributed by atoms with E-state index in [0.717, 1.165) is 12.8 Å². The van der Waals surface area contributed by atoms with Crippen molar-refractivity contribution in [1.82, 2.24) is 5.32 Å². The third kappa shape index (κ3) is 16.3. The maximum Gasteiger partial charge on any atom is 1.00 e. The average molecular weight is 289 g/mol. The van der Waals surface area contributed by atoms with E-state index in [0.29, 0.717) is 0 Å². The van der Waals surface area contributed by atoms with Crippen LogP contribution in [-0.4, -0.2) is 11.9 Å². The van der Waals surface area contributed by atoms with E-state index in [1.54, 1.807) is 0 Å². The molecular weight excluding hydrogens is 257 g/mol. The maximum atomic E-state index is 11.0. The van der Waals surface area contributed by atoms with Gasteiger partial charge in [0.1, 0.15) is 0 Å². The minimum Gasteiger partial charge on any atom is -0.380 e. The van der Waals surface area contributed by atoms with Gasteiger partial charge in [0.05, 0.1) is 0 Å². The first-order chi connectivity index (χ1) is 9.20. The van der Waals surface area contributed by atoms with Gasteiger partial charge in [0.25, 0.3) is 0 Å². The minimum atomic E-state index is -0.118. The van der Waals surface area contributed by atoms with Crippen LogP contribution in [-0.2, 0) is 4.79 Å². The summed E-state index contributed by atoms with van der Waals surface area (Å²) < 4.78 is 0. The number of hydrogen-bond acceptors (Lipinski definition) is 1. The van der Waals surface area contributed by atoms with Gasteiger partial charge in [-0.2, -0.15) is 0 Å². The quantitative estimate of drug-likeness (QED) is 0.238. The molecule has 0 aromatic heterocycles. The van der Waals surface area contributed by atoms with E-state index in [-0.39, 0.29) is 41.5 Å². The van der Waals surface area contributed by atoms with Crippen LogP contribution in [0.2, 0.25) is 0 Å². The molecule has 0 aliphatic carbocycles. The molecule has 0 heterocycles. The van der Waals surface area contributed by atoms with Crippen molar-refractivity contribution in [3.05, 3.63) is 19.6 Å². The van der Waals surface area contributed by atoms with Crippen LogP contribution in [0.1, 0.15) is 77.6 Å². The Kier molecular flexibility index (Phi) is 19.4. The van der Waals surface area contributed by atoms with Gasteiger partial charge in [0.15, 0.2) is 0 Å². The third-order valence-electron chi connectivity index (χ3n) is 3.44. The predicted octanol–water partition coefficient (Wildman–Crippen LogP) is 1.81. The molecule has 0 aliphatic heterocycles. The van der Waals surface area contributed by atoms with Crippen LogP contribution in [0.25, 0.3) is 0 Å². The first kappa shape index (κ1) is 22.5. The molecular formula is C17H32NNaO. The molecule has 3 heteroatoms. The van der Waals surface area contributed by atoms with Crippen LogP contribution in [0.4, 0.5) is 0 Å². The van der Waals surface area contributed by atoms with Gasteiger partial charge in [-0.15, -0.1) is 0 Å². The second kappa shape index (κ2) is 17.3. The molecule has 0 bridgehead atoms. The summed E-state index contributed by atoms with van der Waals surface area (Å²) >= 11 is 0. The minimum absolute atomic E-state index is 0. The van der Waals surface area contributed by atoms with Gasteiger partial charge in [-0.05, 0) is 6.08 Å². The fourth-order valence-electron chi connectivity index (χ4n) is 2.21. The Morgan fingerprint density at radius 2 is 1.50 bits per heavy atom. The molecule has 20 heavy (non-hydrogen) atoms. The summed E-state index contributed by atoms with van der Waals surface area (Å²) in [5.41, 5.74) is 0. The number of carbonyl (C=O) groups is 1. The topological polar surface area (TPSA) is 29.1 Å². The molecule has 1 N–H and O–H groups in total. The second-order valence-electron chi connectivity index (χ2n) is 5.38. The number of rotatable bonds is 13.